The van der Waals surface area contributed by atoms with E-state index in [-0.39, 0.29) is 17.9 Å². The minimum Gasteiger partial charge on any atom is -0.338 e. The van der Waals surface area contributed by atoms with Gasteiger partial charge in [-0.05, 0) is 24.1 Å². The summed E-state index contributed by atoms with van der Waals surface area (Å²) in [7, 11) is 0. The quantitative estimate of drug-likeness (QED) is 0.658. The van der Waals surface area contributed by atoms with E-state index >= 15 is 0 Å². The summed E-state index contributed by atoms with van der Waals surface area (Å²) < 4.78 is 1.52. The SMILES string of the molecule is CCCN(Cc1ccccc1)C(=O)CCn1cnc2ccccc2c1=O. The molecule has 0 saturated carbocycles. The molecule has 0 aliphatic carbocycles. The van der Waals surface area contributed by atoms with Crippen LogP contribution in [0.4, 0.5) is 0 Å². The van der Waals surface area contributed by atoms with Gasteiger partial charge in [-0.3, -0.25) is 14.2 Å². The summed E-state index contributed by atoms with van der Waals surface area (Å²) in [6, 6.07) is 17.2. The van der Waals surface area contributed by atoms with Crippen LogP contribution < -0.4 is 5.56 Å². The molecule has 5 heteroatoms. The van der Waals surface area contributed by atoms with E-state index in [9.17, 15) is 9.59 Å². The van der Waals surface area contributed by atoms with Gasteiger partial charge < -0.3 is 4.90 Å². The molecule has 0 bridgehead atoms. The highest BCUT2D eigenvalue weighted by Crippen LogP contribution is 2.08. The Morgan fingerprint density at radius 1 is 1.08 bits per heavy atom. The molecule has 3 aromatic rings. The van der Waals surface area contributed by atoms with Crippen molar-refractivity contribution in [3.63, 3.8) is 0 Å². The van der Waals surface area contributed by atoms with E-state index in [1.54, 1.807) is 6.07 Å². The number of hydrogen-bond acceptors (Lipinski definition) is 3. The molecule has 0 N–H and O–H groups in total. The van der Waals surface area contributed by atoms with E-state index in [1.165, 1.54) is 10.9 Å². The summed E-state index contributed by atoms with van der Waals surface area (Å²) in [4.78, 5) is 31.4. The predicted molar refractivity (Wildman–Crippen MR) is 103 cm³/mol. The second-order valence-electron chi connectivity index (χ2n) is 6.31. The molecule has 0 aliphatic rings. The number of fused-ring (bicyclic) bond motifs is 1. The van der Waals surface area contributed by atoms with Gasteiger partial charge in [0.2, 0.25) is 5.91 Å². The normalized spacial score (nSPS) is 10.8. The van der Waals surface area contributed by atoms with E-state index in [0.717, 1.165) is 12.0 Å². The molecule has 26 heavy (non-hydrogen) atoms. The summed E-state index contributed by atoms with van der Waals surface area (Å²) in [5, 5.41) is 0.581. The smallest absolute Gasteiger partial charge is 0.261 e. The Morgan fingerprint density at radius 3 is 2.58 bits per heavy atom. The summed E-state index contributed by atoms with van der Waals surface area (Å²) >= 11 is 0. The summed E-state index contributed by atoms with van der Waals surface area (Å²) in [6.07, 6.45) is 2.71. The molecule has 3 rings (SSSR count). The largest absolute Gasteiger partial charge is 0.338 e. The van der Waals surface area contributed by atoms with E-state index in [4.69, 9.17) is 0 Å². The van der Waals surface area contributed by atoms with Crippen LogP contribution in [0.25, 0.3) is 10.9 Å². The highest BCUT2D eigenvalue weighted by molar-refractivity contribution is 5.77. The maximum Gasteiger partial charge on any atom is 0.261 e. The molecule has 0 atom stereocenters. The monoisotopic (exact) mass is 349 g/mol. The lowest BCUT2D eigenvalue weighted by Gasteiger charge is -2.22. The molecule has 0 radical (unpaired) electrons. The van der Waals surface area contributed by atoms with Crippen molar-refractivity contribution in [2.24, 2.45) is 0 Å². The molecular weight excluding hydrogens is 326 g/mol. The molecular formula is C21H23N3O2. The maximum atomic E-state index is 12.7. The van der Waals surface area contributed by atoms with Crippen molar-refractivity contribution in [3.05, 3.63) is 76.8 Å². The number of hydrogen-bond donors (Lipinski definition) is 0. The van der Waals surface area contributed by atoms with E-state index in [2.05, 4.69) is 11.9 Å². The maximum absolute atomic E-state index is 12.7. The molecule has 1 aromatic heterocycles. The fourth-order valence-corrected chi connectivity index (χ4v) is 3.01. The Hall–Kier alpha value is -2.95. The van der Waals surface area contributed by atoms with Gasteiger partial charge in [-0.1, -0.05) is 49.4 Å². The number of para-hydroxylation sites is 1. The average molecular weight is 349 g/mol. The molecule has 0 aliphatic heterocycles. The van der Waals surface area contributed by atoms with Crippen LogP contribution in [0.1, 0.15) is 25.3 Å². The lowest BCUT2D eigenvalue weighted by atomic mass is 10.2. The first-order valence-corrected chi connectivity index (χ1v) is 8.95. The van der Waals surface area contributed by atoms with Gasteiger partial charge in [0, 0.05) is 26.1 Å². The number of nitrogens with zero attached hydrogens (tertiary/aromatic N) is 3. The molecule has 0 saturated heterocycles. The molecule has 0 fully saturated rings. The van der Waals surface area contributed by atoms with Crippen molar-refractivity contribution in [2.45, 2.75) is 32.9 Å². The third-order valence-electron chi connectivity index (χ3n) is 4.36. The lowest BCUT2D eigenvalue weighted by Crippen LogP contribution is -2.33. The van der Waals surface area contributed by atoms with Crippen molar-refractivity contribution < 1.29 is 4.79 Å². The average Bonchev–Trinajstić information content (AvgIpc) is 2.68. The number of amides is 1. The van der Waals surface area contributed by atoms with Gasteiger partial charge in [0.15, 0.2) is 0 Å². The highest BCUT2D eigenvalue weighted by atomic mass is 16.2. The van der Waals surface area contributed by atoms with E-state index in [0.29, 0.717) is 30.5 Å². The summed E-state index contributed by atoms with van der Waals surface area (Å²) in [6.45, 7) is 3.70. The Kier molecular flexibility index (Phi) is 5.79. The highest BCUT2D eigenvalue weighted by Gasteiger charge is 2.14. The third-order valence-corrected chi connectivity index (χ3v) is 4.36. The van der Waals surface area contributed by atoms with Crippen LogP contribution in [0.5, 0.6) is 0 Å². The van der Waals surface area contributed by atoms with Gasteiger partial charge in [0.05, 0.1) is 17.2 Å². The van der Waals surface area contributed by atoms with Gasteiger partial charge >= 0.3 is 0 Å². The number of carbonyl (C=O) groups is 1. The molecule has 134 valence electrons. The number of aromatic nitrogens is 2. The Morgan fingerprint density at radius 2 is 1.81 bits per heavy atom. The number of carbonyl (C=O) groups excluding carboxylic acids is 1. The molecule has 1 heterocycles. The number of rotatable bonds is 7. The molecule has 0 spiro atoms. The van der Waals surface area contributed by atoms with Crippen LogP contribution in [-0.2, 0) is 17.9 Å². The second kappa shape index (κ2) is 8.43. The standard InChI is InChI=1S/C21H23N3O2/c1-2-13-23(15-17-8-4-3-5-9-17)20(25)12-14-24-16-22-19-11-7-6-10-18(19)21(24)26/h3-11,16H,2,12-15H2,1H3. The minimum atomic E-state index is -0.103. The van der Waals surface area contributed by atoms with Crippen molar-refractivity contribution >= 4 is 16.8 Å². The van der Waals surface area contributed by atoms with Crippen LogP contribution >= 0.6 is 0 Å². The molecule has 2 aromatic carbocycles. The van der Waals surface area contributed by atoms with Gasteiger partial charge in [-0.2, -0.15) is 0 Å². The number of aryl methyl sites for hydroxylation is 1. The summed E-state index contributed by atoms with van der Waals surface area (Å²) in [5.74, 6) is 0.0516. The predicted octanol–water partition coefficient (Wildman–Crippen LogP) is 3.23. The lowest BCUT2D eigenvalue weighted by molar-refractivity contribution is -0.132. The Balaban J connectivity index is 1.70. The topological polar surface area (TPSA) is 55.2 Å². The van der Waals surface area contributed by atoms with E-state index < -0.39 is 0 Å². The third kappa shape index (κ3) is 4.17. The first kappa shape index (κ1) is 17.9. The van der Waals surface area contributed by atoms with Crippen molar-refractivity contribution in [1.29, 1.82) is 0 Å². The van der Waals surface area contributed by atoms with Crippen molar-refractivity contribution in [3.8, 4) is 0 Å². The number of benzene rings is 2. The van der Waals surface area contributed by atoms with Crippen LogP contribution in [0, 0.1) is 0 Å². The summed E-state index contributed by atoms with van der Waals surface area (Å²) in [5.41, 5.74) is 1.68. The fraction of sp³-hybridized carbons (Fsp3) is 0.286. The van der Waals surface area contributed by atoms with Gasteiger partial charge in [-0.25, -0.2) is 4.98 Å². The molecule has 5 nitrogen and oxygen atoms in total. The Bertz CT molecular complexity index is 935. The molecule has 1 amide bonds. The zero-order valence-electron chi connectivity index (χ0n) is 15.0. The van der Waals surface area contributed by atoms with Gasteiger partial charge in [-0.15, -0.1) is 0 Å². The second-order valence-corrected chi connectivity index (χ2v) is 6.31. The zero-order valence-corrected chi connectivity index (χ0v) is 15.0. The minimum absolute atomic E-state index is 0.0516. The first-order chi connectivity index (χ1) is 12.7. The first-order valence-electron chi connectivity index (χ1n) is 8.95. The Labute approximate surface area is 152 Å². The van der Waals surface area contributed by atoms with Gasteiger partial charge in [0.1, 0.15) is 0 Å². The van der Waals surface area contributed by atoms with Crippen LogP contribution in [-0.4, -0.2) is 26.9 Å². The zero-order chi connectivity index (χ0) is 18.4. The molecule has 0 unspecified atom stereocenters. The van der Waals surface area contributed by atoms with Crippen LogP contribution in [0.3, 0.4) is 0 Å². The van der Waals surface area contributed by atoms with Crippen molar-refractivity contribution in [1.82, 2.24) is 14.5 Å². The van der Waals surface area contributed by atoms with Crippen LogP contribution in [0.2, 0.25) is 0 Å². The fourth-order valence-electron chi connectivity index (χ4n) is 3.01. The van der Waals surface area contributed by atoms with E-state index in [1.807, 2.05) is 53.4 Å². The van der Waals surface area contributed by atoms with Gasteiger partial charge in [0.25, 0.3) is 5.56 Å². The van der Waals surface area contributed by atoms with Crippen molar-refractivity contribution in [2.75, 3.05) is 6.54 Å². The van der Waals surface area contributed by atoms with Crippen LogP contribution in [0.15, 0.2) is 65.7 Å².